The van der Waals surface area contributed by atoms with E-state index in [1.807, 2.05) is 25.1 Å². The molecule has 100 valence electrons. The number of carboxylic acid groups (broad SMARTS) is 1. The van der Waals surface area contributed by atoms with Crippen LogP contribution in [0.4, 0.5) is 0 Å². The van der Waals surface area contributed by atoms with Crippen molar-refractivity contribution in [2.45, 2.75) is 20.3 Å². The molecule has 2 aromatic rings. The third-order valence-corrected chi connectivity index (χ3v) is 3.01. The summed E-state index contributed by atoms with van der Waals surface area (Å²) >= 11 is 0. The van der Waals surface area contributed by atoms with E-state index in [9.17, 15) is 4.79 Å². The van der Waals surface area contributed by atoms with Gasteiger partial charge in [0.1, 0.15) is 11.5 Å². The Bertz CT molecular complexity index is 616. The minimum atomic E-state index is -1.11. The van der Waals surface area contributed by atoms with Gasteiger partial charge in [0.15, 0.2) is 5.69 Å². The maximum Gasteiger partial charge on any atom is 0.358 e. The Hall–Kier alpha value is -2.30. The Labute approximate surface area is 110 Å². The van der Waals surface area contributed by atoms with Crippen molar-refractivity contribution in [1.29, 1.82) is 0 Å². The van der Waals surface area contributed by atoms with Crippen LogP contribution < -0.4 is 4.74 Å². The molecule has 1 aromatic heterocycles. The lowest BCUT2D eigenvalue weighted by Gasteiger charge is -2.09. The van der Waals surface area contributed by atoms with Crippen molar-refractivity contribution in [3.05, 3.63) is 35.2 Å². The number of carbonyl (C=O) groups is 1. The van der Waals surface area contributed by atoms with E-state index in [1.54, 1.807) is 14.0 Å². The number of ether oxygens (including phenoxy) is 1. The summed E-state index contributed by atoms with van der Waals surface area (Å²) in [6.07, 6.45) is 0.851. The molecule has 19 heavy (non-hydrogen) atoms. The van der Waals surface area contributed by atoms with Crippen molar-refractivity contribution < 1.29 is 19.2 Å². The quantitative estimate of drug-likeness (QED) is 0.916. The number of methoxy groups -OCH3 is 1. The molecule has 1 N–H and O–H groups in total. The summed E-state index contributed by atoms with van der Waals surface area (Å²) in [6, 6.07) is 5.68. The van der Waals surface area contributed by atoms with Gasteiger partial charge in [0.05, 0.1) is 12.7 Å². The van der Waals surface area contributed by atoms with Gasteiger partial charge in [-0.3, -0.25) is 0 Å². The second kappa shape index (κ2) is 5.14. The molecule has 0 aliphatic heterocycles. The van der Waals surface area contributed by atoms with Gasteiger partial charge < -0.3 is 14.4 Å². The van der Waals surface area contributed by atoms with Gasteiger partial charge in [0, 0.05) is 5.56 Å². The number of hydrogen-bond acceptors (Lipinski definition) is 4. The molecule has 1 heterocycles. The third-order valence-electron chi connectivity index (χ3n) is 3.01. The molecule has 0 fully saturated rings. The standard InChI is InChI=1S/C14H15NO4/c1-4-9-5-6-11(18-3)10(7-9)12-8(2)19-15-13(12)14(16)17/h5-7H,4H2,1-3H3,(H,16,17). The zero-order valence-corrected chi connectivity index (χ0v) is 11.1. The first-order valence-electron chi connectivity index (χ1n) is 5.95. The molecule has 0 aliphatic rings. The summed E-state index contributed by atoms with van der Waals surface area (Å²) in [5, 5.41) is 12.8. The van der Waals surface area contributed by atoms with Crippen LogP contribution in [0.3, 0.4) is 0 Å². The molecule has 0 saturated heterocycles. The van der Waals surface area contributed by atoms with Crippen molar-refractivity contribution in [2.75, 3.05) is 7.11 Å². The maximum absolute atomic E-state index is 11.2. The molecule has 0 atom stereocenters. The molecular formula is C14H15NO4. The summed E-state index contributed by atoms with van der Waals surface area (Å²) in [7, 11) is 1.55. The summed E-state index contributed by atoms with van der Waals surface area (Å²) in [5.41, 5.74) is 2.16. The average Bonchev–Trinajstić information content (AvgIpc) is 2.80. The molecular weight excluding hydrogens is 246 g/mol. The Morgan fingerprint density at radius 3 is 2.79 bits per heavy atom. The van der Waals surface area contributed by atoms with E-state index in [0.29, 0.717) is 22.6 Å². The van der Waals surface area contributed by atoms with Crippen LogP contribution >= 0.6 is 0 Å². The summed E-state index contributed by atoms with van der Waals surface area (Å²) in [5.74, 6) is -0.0502. The third kappa shape index (κ3) is 2.31. The zero-order chi connectivity index (χ0) is 14.0. The lowest BCUT2D eigenvalue weighted by molar-refractivity contribution is 0.0686. The van der Waals surface area contributed by atoms with Crippen LogP contribution in [0.15, 0.2) is 22.7 Å². The number of hydrogen-bond donors (Lipinski definition) is 1. The van der Waals surface area contributed by atoms with Crippen LogP contribution in [-0.4, -0.2) is 23.3 Å². The Kier molecular flexibility index (Phi) is 3.55. The predicted molar refractivity (Wildman–Crippen MR) is 69.6 cm³/mol. The van der Waals surface area contributed by atoms with Crippen LogP contribution in [0.2, 0.25) is 0 Å². The molecule has 1 aromatic carbocycles. The Balaban J connectivity index is 2.69. The molecule has 5 nitrogen and oxygen atoms in total. The number of aromatic nitrogens is 1. The number of benzene rings is 1. The second-order valence-corrected chi connectivity index (χ2v) is 4.16. The first-order valence-corrected chi connectivity index (χ1v) is 5.95. The number of rotatable bonds is 4. The fourth-order valence-corrected chi connectivity index (χ4v) is 2.01. The first-order chi connectivity index (χ1) is 9.08. The smallest absolute Gasteiger partial charge is 0.358 e. The first kappa shape index (κ1) is 13.1. The molecule has 0 bridgehead atoms. The monoisotopic (exact) mass is 261 g/mol. The molecule has 0 spiro atoms. The van der Waals surface area contributed by atoms with Gasteiger partial charge in [0.2, 0.25) is 0 Å². The van der Waals surface area contributed by atoms with Crippen LogP contribution in [0.1, 0.15) is 28.7 Å². The van der Waals surface area contributed by atoms with Crippen molar-refractivity contribution in [1.82, 2.24) is 5.16 Å². The predicted octanol–water partition coefficient (Wildman–Crippen LogP) is 2.92. The van der Waals surface area contributed by atoms with E-state index in [4.69, 9.17) is 14.4 Å². The zero-order valence-electron chi connectivity index (χ0n) is 11.1. The van der Waals surface area contributed by atoms with Crippen LogP contribution in [0.5, 0.6) is 5.75 Å². The molecule has 0 radical (unpaired) electrons. The highest BCUT2D eigenvalue weighted by molar-refractivity contribution is 5.95. The lowest BCUT2D eigenvalue weighted by atomic mass is 9.99. The second-order valence-electron chi connectivity index (χ2n) is 4.16. The topological polar surface area (TPSA) is 72.6 Å². The SMILES string of the molecule is CCc1ccc(OC)c(-c2c(C(=O)O)noc2C)c1. The van der Waals surface area contributed by atoms with Crippen LogP contribution in [-0.2, 0) is 6.42 Å². The van der Waals surface area contributed by atoms with Gasteiger partial charge in [-0.2, -0.15) is 0 Å². The fourth-order valence-electron chi connectivity index (χ4n) is 2.01. The minimum absolute atomic E-state index is 0.0935. The Morgan fingerprint density at radius 1 is 1.47 bits per heavy atom. The molecule has 0 aliphatic carbocycles. The summed E-state index contributed by atoms with van der Waals surface area (Å²) in [4.78, 5) is 11.2. The van der Waals surface area contributed by atoms with Gasteiger partial charge in [-0.05, 0) is 31.0 Å². The van der Waals surface area contributed by atoms with Gasteiger partial charge in [0.25, 0.3) is 0 Å². The number of aromatic carboxylic acids is 1. The van der Waals surface area contributed by atoms with Gasteiger partial charge >= 0.3 is 5.97 Å². The molecule has 0 saturated carbocycles. The van der Waals surface area contributed by atoms with E-state index in [0.717, 1.165) is 12.0 Å². The highest BCUT2D eigenvalue weighted by atomic mass is 16.5. The minimum Gasteiger partial charge on any atom is -0.496 e. The van der Waals surface area contributed by atoms with Crippen LogP contribution in [0.25, 0.3) is 11.1 Å². The van der Waals surface area contributed by atoms with E-state index in [-0.39, 0.29) is 5.69 Å². The van der Waals surface area contributed by atoms with Crippen molar-refractivity contribution in [2.24, 2.45) is 0 Å². The van der Waals surface area contributed by atoms with Gasteiger partial charge in [-0.15, -0.1) is 0 Å². The van der Waals surface area contributed by atoms with E-state index < -0.39 is 5.97 Å². The largest absolute Gasteiger partial charge is 0.496 e. The molecule has 2 rings (SSSR count). The van der Waals surface area contributed by atoms with Crippen molar-refractivity contribution in [3.63, 3.8) is 0 Å². The fraction of sp³-hybridized carbons (Fsp3) is 0.286. The summed E-state index contributed by atoms with van der Waals surface area (Å²) < 4.78 is 10.3. The van der Waals surface area contributed by atoms with Crippen molar-refractivity contribution >= 4 is 5.97 Å². The van der Waals surface area contributed by atoms with E-state index in [1.165, 1.54) is 0 Å². The van der Waals surface area contributed by atoms with Gasteiger partial charge in [-0.25, -0.2) is 4.79 Å². The molecule has 0 amide bonds. The average molecular weight is 261 g/mol. The highest BCUT2D eigenvalue weighted by Gasteiger charge is 2.23. The number of carboxylic acids is 1. The van der Waals surface area contributed by atoms with Crippen LogP contribution in [0, 0.1) is 6.92 Å². The van der Waals surface area contributed by atoms with E-state index in [2.05, 4.69) is 5.16 Å². The lowest BCUT2D eigenvalue weighted by Crippen LogP contribution is -2.00. The molecule has 0 unspecified atom stereocenters. The van der Waals surface area contributed by atoms with Gasteiger partial charge in [-0.1, -0.05) is 18.1 Å². The number of nitrogens with zero attached hydrogens (tertiary/aromatic N) is 1. The Morgan fingerprint density at radius 2 is 2.21 bits per heavy atom. The molecule has 5 heteroatoms. The van der Waals surface area contributed by atoms with Crippen molar-refractivity contribution in [3.8, 4) is 16.9 Å². The highest BCUT2D eigenvalue weighted by Crippen LogP contribution is 2.35. The number of aryl methyl sites for hydroxylation is 2. The van der Waals surface area contributed by atoms with E-state index >= 15 is 0 Å². The maximum atomic E-state index is 11.2. The summed E-state index contributed by atoms with van der Waals surface area (Å²) in [6.45, 7) is 3.72. The normalized spacial score (nSPS) is 10.5.